The number of halogens is 1. The molecule has 19 heavy (non-hydrogen) atoms. The highest BCUT2D eigenvalue weighted by Gasteiger charge is 2.12. The van der Waals surface area contributed by atoms with Crippen LogP contribution in [0.2, 0.25) is 5.02 Å². The zero-order chi connectivity index (χ0) is 13.2. The summed E-state index contributed by atoms with van der Waals surface area (Å²) in [6, 6.07) is 10.9. The van der Waals surface area contributed by atoms with E-state index in [1.165, 1.54) is 4.68 Å². The molecule has 0 radical (unpaired) electrons. The molecule has 2 N–H and O–H groups in total. The van der Waals surface area contributed by atoms with Crippen molar-refractivity contribution in [3.8, 4) is 22.8 Å². The molecule has 1 aromatic carbocycles. The Morgan fingerprint density at radius 1 is 0.842 bits per heavy atom. The normalized spacial score (nSPS) is 10.6. The van der Waals surface area contributed by atoms with E-state index in [-0.39, 0.29) is 0 Å². The predicted octanol–water partition coefficient (Wildman–Crippen LogP) is 2.37. The Morgan fingerprint density at radius 3 is 1.95 bits per heavy atom. The van der Waals surface area contributed by atoms with Gasteiger partial charge in [-0.2, -0.15) is 0 Å². The van der Waals surface area contributed by atoms with Crippen LogP contribution in [0.25, 0.3) is 22.8 Å². The molecule has 0 fully saturated rings. The largest absolute Gasteiger partial charge is 0.336 e. The molecule has 0 aliphatic carbocycles. The Labute approximate surface area is 114 Å². The maximum absolute atomic E-state index is 6.04. The smallest absolute Gasteiger partial charge is 0.182 e. The van der Waals surface area contributed by atoms with Crippen molar-refractivity contribution in [2.75, 3.05) is 5.84 Å². The van der Waals surface area contributed by atoms with Gasteiger partial charge < -0.3 is 5.84 Å². The van der Waals surface area contributed by atoms with Crippen LogP contribution in [0.1, 0.15) is 0 Å². The Hall–Kier alpha value is -2.40. The fourth-order valence-electron chi connectivity index (χ4n) is 1.78. The highest BCUT2D eigenvalue weighted by atomic mass is 35.5. The van der Waals surface area contributed by atoms with Gasteiger partial charge in [0, 0.05) is 28.5 Å². The van der Waals surface area contributed by atoms with Gasteiger partial charge in [0.05, 0.1) is 0 Å². The van der Waals surface area contributed by atoms with Crippen LogP contribution < -0.4 is 5.84 Å². The minimum Gasteiger partial charge on any atom is -0.336 e. The maximum Gasteiger partial charge on any atom is 0.182 e. The topological polar surface area (TPSA) is 69.6 Å². The van der Waals surface area contributed by atoms with Gasteiger partial charge in [0.1, 0.15) is 0 Å². The molecule has 0 amide bonds. The first-order chi connectivity index (χ1) is 9.25. The molecule has 0 saturated carbocycles. The van der Waals surface area contributed by atoms with Crippen LogP contribution in [-0.2, 0) is 0 Å². The molecular formula is C13H10ClN5. The summed E-state index contributed by atoms with van der Waals surface area (Å²) in [6.07, 6.45) is 3.37. The van der Waals surface area contributed by atoms with Gasteiger partial charge in [-0.25, -0.2) is 4.68 Å². The molecular weight excluding hydrogens is 262 g/mol. The molecule has 2 aromatic heterocycles. The van der Waals surface area contributed by atoms with E-state index >= 15 is 0 Å². The number of nitrogens with two attached hydrogens (primary N) is 1. The molecule has 94 valence electrons. The Morgan fingerprint density at radius 2 is 1.37 bits per heavy atom. The Balaban J connectivity index is 2.06. The molecule has 0 unspecified atom stereocenters. The van der Waals surface area contributed by atoms with Gasteiger partial charge in [-0.05, 0) is 36.4 Å². The molecule has 6 heteroatoms. The van der Waals surface area contributed by atoms with Crippen LogP contribution in [0.5, 0.6) is 0 Å². The minimum absolute atomic E-state index is 0.587. The lowest BCUT2D eigenvalue weighted by molar-refractivity contribution is 1.02. The molecule has 5 nitrogen and oxygen atoms in total. The van der Waals surface area contributed by atoms with Gasteiger partial charge in [-0.3, -0.25) is 4.98 Å². The van der Waals surface area contributed by atoms with Gasteiger partial charge in [0.15, 0.2) is 11.6 Å². The van der Waals surface area contributed by atoms with Crippen molar-refractivity contribution in [3.05, 3.63) is 53.8 Å². The molecule has 0 spiro atoms. The van der Waals surface area contributed by atoms with Crippen LogP contribution >= 0.6 is 11.6 Å². The quantitative estimate of drug-likeness (QED) is 0.727. The Kier molecular flexibility index (Phi) is 2.89. The molecule has 0 bridgehead atoms. The molecule has 0 atom stereocenters. The first kappa shape index (κ1) is 11.7. The molecule has 0 saturated heterocycles. The van der Waals surface area contributed by atoms with Crippen molar-refractivity contribution in [2.45, 2.75) is 0 Å². The van der Waals surface area contributed by atoms with E-state index in [4.69, 9.17) is 17.4 Å². The molecule has 2 heterocycles. The van der Waals surface area contributed by atoms with Crippen molar-refractivity contribution >= 4 is 11.6 Å². The molecule has 3 rings (SSSR count). The van der Waals surface area contributed by atoms with Gasteiger partial charge >= 0.3 is 0 Å². The SMILES string of the molecule is Nn1c(-c2ccncc2)nnc1-c1ccc(Cl)cc1. The fourth-order valence-corrected chi connectivity index (χ4v) is 1.91. The van der Waals surface area contributed by atoms with Crippen LogP contribution in [0.3, 0.4) is 0 Å². The van der Waals surface area contributed by atoms with Crippen LogP contribution in [-0.4, -0.2) is 19.9 Å². The summed E-state index contributed by atoms with van der Waals surface area (Å²) in [5.41, 5.74) is 1.73. The number of rotatable bonds is 2. The van der Waals surface area contributed by atoms with Crippen LogP contribution in [0, 0.1) is 0 Å². The average Bonchev–Trinajstić information content (AvgIpc) is 2.83. The van der Waals surface area contributed by atoms with Crippen LogP contribution in [0.4, 0.5) is 0 Å². The lowest BCUT2D eigenvalue weighted by Crippen LogP contribution is -2.11. The summed E-state index contributed by atoms with van der Waals surface area (Å²) < 4.78 is 1.46. The minimum atomic E-state index is 0.587. The summed E-state index contributed by atoms with van der Waals surface area (Å²) in [7, 11) is 0. The van der Waals surface area contributed by atoms with E-state index in [2.05, 4.69) is 15.2 Å². The highest BCUT2D eigenvalue weighted by Crippen LogP contribution is 2.22. The number of nitrogens with zero attached hydrogens (tertiary/aromatic N) is 4. The summed E-state index contributed by atoms with van der Waals surface area (Å²) in [5.74, 6) is 7.22. The summed E-state index contributed by atoms with van der Waals surface area (Å²) >= 11 is 5.86. The molecule has 0 aliphatic rings. The maximum atomic E-state index is 6.04. The van der Waals surface area contributed by atoms with Crippen molar-refractivity contribution in [1.29, 1.82) is 0 Å². The molecule has 0 aliphatic heterocycles. The zero-order valence-electron chi connectivity index (χ0n) is 9.86. The van der Waals surface area contributed by atoms with E-state index in [0.717, 1.165) is 11.1 Å². The van der Waals surface area contributed by atoms with Crippen molar-refractivity contribution < 1.29 is 0 Å². The first-order valence-electron chi connectivity index (χ1n) is 5.62. The van der Waals surface area contributed by atoms with E-state index in [1.807, 2.05) is 24.3 Å². The summed E-state index contributed by atoms with van der Waals surface area (Å²) in [5, 5.41) is 8.90. The lowest BCUT2D eigenvalue weighted by Gasteiger charge is -2.03. The number of hydrogen-bond acceptors (Lipinski definition) is 4. The second kappa shape index (κ2) is 4.70. The molecule has 3 aromatic rings. The highest BCUT2D eigenvalue weighted by molar-refractivity contribution is 6.30. The van der Waals surface area contributed by atoms with E-state index in [1.54, 1.807) is 24.5 Å². The van der Waals surface area contributed by atoms with E-state index in [0.29, 0.717) is 16.7 Å². The first-order valence-corrected chi connectivity index (χ1v) is 6.00. The third-order valence-electron chi connectivity index (χ3n) is 2.74. The van der Waals surface area contributed by atoms with Crippen molar-refractivity contribution in [3.63, 3.8) is 0 Å². The number of pyridine rings is 1. The monoisotopic (exact) mass is 271 g/mol. The Bertz CT molecular complexity index is 691. The third kappa shape index (κ3) is 2.15. The second-order valence-electron chi connectivity index (χ2n) is 3.96. The lowest BCUT2D eigenvalue weighted by atomic mass is 10.2. The van der Waals surface area contributed by atoms with Gasteiger partial charge in [-0.1, -0.05) is 11.6 Å². The number of hydrogen-bond donors (Lipinski definition) is 1. The van der Waals surface area contributed by atoms with E-state index in [9.17, 15) is 0 Å². The zero-order valence-corrected chi connectivity index (χ0v) is 10.6. The standard InChI is InChI=1S/C13H10ClN5/c14-11-3-1-9(2-4-11)12-17-18-13(19(12)15)10-5-7-16-8-6-10/h1-8H,15H2. The van der Waals surface area contributed by atoms with Gasteiger partial charge in [0.25, 0.3) is 0 Å². The average molecular weight is 272 g/mol. The summed E-state index contributed by atoms with van der Waals surface area (Å²) in [6.45, 7) is 0. The van der Waals surface area contributed by atoms with Gasteiger partial charge in [0.2, 0.25) is 0 Å². The van der Waals surface area contributed by atoms with Gasteiger partial charge in [-0.15, -0.1) is 10.2 Å². The third-order valence-corrected chi connectivity index (χ3v) is 2.99. The van der Waals surface area contributed by atoms with Crippen molar-refractivity contribution in [2.24, 2.45) is 0 Å². The summed E-state index contributed by atoms with van der Waals surface area (Å²) in [4.78, 5) is 3.96. The predicted molar refractivity (Wildman–Crippen MR) is 73.8 cm³/mol. The fraction of sp³-hybridized carbons (Fsp3) is 0. The number of aromatic nitrogens is 4. The number of benzene rings is 1. The van der Waals surface area contributed by atoms with Crippen molar-refractivity contribution in [1.82, 2.24) is 19.9 Å². The van der Waals surface area contributed by atoms with E-state index < -0.39 is 0 Å². The van der Waals surface area contributed by atoms with Crippen LogP contribution in [0.15, 0.2) is 48.8 Å². The number of nitrogen functional groups attached to an aromatic ring is 1. The second-order valence-corrected chi connectivity index (χ2v) is 4.40.